The van der Waals surface area contributed by atoms with Gasteiger partial charge in [-0.3, -0.25) is 9.78 Å². The first kappa shape index (κ1) is 20.1. The third-order valence-electron chi connectivity index (χ3n) is 8.57. The molecule has 5 atom stereocenters. The fourth-order valence-corrected chi connectivity index (χ4v) is 7.45. The lowest BCUT2D eigenvalue weighted by atomic mass is 9.38. The van der Waals surface area contributed by atoms with E-state index < -0.39 is 0 Å². The molecular formula is C26H29FN2O3. The van der Waals surface area contributed by atoms with Crippen molar-refractivity contribution >= 4 is 22.6 Å². The lowest BCUT2D eigenvalue weighted by molar-refractivity contribution is -0.173. The molecule has 3 unspecified atom stereocenters. The van der Waals surface area contributed by atoms with Crippen LogP contribution in [0.2, 0.25) is 0 Å². The Balaban J connectivity index is 1.03. The number of Topliss-reactive ketones (excluding diaryl/α,β-unsaturated/α-hetero) is 1. The monoisotopic (exact) mass is 436 g/mol. The van der Waals surface area contributed by atoms with E-state index in [1.165, 1.54) is 12.1 Å². The Hall–Kier alpha value is -2.50. The van der Waals surface area contributed by atoms with Crippen molar-refractivity contribution in [3.63, 3.8) is 0 Å². The van der Waals surface area contributed by atoms with E-state index in [2.05, 4.69) is 17.2 Å². The van der Waals surface area contributed by atoms with Crippen LogP contribution >= 0.6 is 0 Å². The van der Waals surface area contributed by atoms with E-state index in [4.69, 9.17) is 4.74 Å². The molecule has 168 valence electrons. The number of nitrogens with one attached hydrogen (secondary N) is 1. The Morgan fingerprint density at radius 2 is 1.94 bits per heavy atom. The molecule has 0 spiro atoms. The maximum Gasteiger partial charge on any atom is 0.223 e. The van der Waals surface area contributed by atoms with Gasteiger partial charge >= 0.3 is 0 Å². The lowest BCUT2D eigenvalue weighted by Crippen LogP contribution is -2.75. The maximum atomic E-state index is 13.7. The Kier molecular flexibility index (Phi) is 4.25. The van der Waals surface area contributed by atoms with Crippen LogP contribution in [0.3, 0.4) is 0 Å². The number of ether oxygens (including phenoxy) is 1. The normalized spacial score (nSPS) is 37.1. The number of hydrogen-bond acceptors (Lipinski definition) is 4. The van der Waals surface area contributed by atoms with Gasteiger partial charge in [-0.05, 0) is 86.5 Å². The van der Waals surface area contributed by atoms with Gasteiger partial charge in [-0.25, -0.2) is 4.39 Å². The number of halogens is 1. The molecule has 5 aliphatic rings. The van der Waals surface area contributed by atoms with E-state index in [0.717, 1.165) is 37.6 Å². The molecular weight excluding hydrogens is 407 g/mol. The molecule has 0 radical (unpaired) electrons. The molecule has 1 aromatic carbocycles. The number of carbonyl (C=O) groups is 2. The largest absolute Gasteiger partial charge is 0.490 e. The molecule has 0 saturated heterocycles. The van der Waals surface area contributed by atoms with E-state index in [-0.39, 0.29) is 40.5 Å². The second-order valence-electron chi connectivity index (χ2n) is 11.1. The van der Waals surface area contributed by atoms with Gasteiger partial charge in [0.05, 0.1) is 11.6 Å². The number of carbonyl (C=O) groups excluding carboxylic acids is 2. The van der Waals surface area contributed by atoms with Gasteiger partial charge in [0.2, 0.25) is 5.91 Å². The highest BCUT2D eigenvalue weighted by Crippen LogP contribution is 2.69. The standard InChI is InChI=1S/C26H29FN2O3/c1-14(30)10-25-11-26(12-25,13-25)29-24(31)15(2)23-18-8-17(9-19(18)23)32-22-5-6-28-21-4-3-16(27)7-20(21)22/h3-7,15,17-19,23H,8-13H2,1-2H3,(H,29,31)/t15?,17?,18-,19+,23?,25?,26?. The number of rotatable bonds is 7. The zero-order valence-electron chi connectivity index (χ0n) is 18.6. The van der Waals surface area contributed by atoms with Gasteiger partial charge in [-0.15, -0.1) is 0 Å². The van der Waals surface area contributed by atoms with Crippen LogP contribution in [0.5, 0.6) is 5.75 Å². The van der Waals surface area contributed by atoms with Crippen LogP contribution in [0.4, 0.5) is 4.39 Å². The topological polar surface area (TPSA) is 68.3 Å². The van der Waals surface area contributed by atoms with Gasteiger partial charge < -0.3 is 14.8 Å². The zero-order chi connectivity index (χ0) is 22.3. The Bertz CT molecular complexity index is 1100. The highest BCUT2D eigenvalue weighted by Gasteiger charge is 2.69. The minimum absolute atomic E-state index is 0.0135. The number of benzene rings is 1. The molecule has 1 heterocycles. The van der Waals surface area contributed by atoms with E-state index in [1.807, 2.05) is 6.07 Å². The first-order valence-electron chi connectivity index (χ1n) is 11.8. The zero-order valence-corrected chi connectivity index (χ0v) is 18.6. The van der Waals surface area contributed by atoms with Crippen LogP contribution in [0.15, 0.2) is 30.5 Å². The van der Waals surface area contributed by atoms with Gasteiger partial charge in [0.15, 0.2) is 0 Å². The number of aromatic nitrogens is 1. The average molecular weight is 437 g/mol. The van der Waals surface area contributed by atoms with Crippen molar-refractivity contribution < 1.29 is 18.7 Å². The molecule has 1 aromatic heterocycles. The third-order valence-corrected chi connectivity index (χ3v) is 8.57. The van der Waals surface area contributed by atoms with Crippen molar-refractivity contribution in [2.45, 2.75) is 64.0 Å². The molecule has 2 bridgehead atoms. The Morgan fingerprint density at radius 3 is 2.62 bits per heavy atom. The van der Waals surface area contributed by atoms with Gasteiger partial charge in [0.25, 0.3) is 0 Å². The molecule has 6 heteroatoms. The first-order valence-corrected chi connectivity index (χ1v) is 11.8. The molecule has 2 aromatic rings. The number of fused-ring (bicyclic) bond motifs is 2. The van der Waals surface area contributed by atoms with Gasteiger partial charge in [-0.1, -0.05) is 6.92 Å². The summed E-state index contributed by atoms with van der Waals surface area (Å²) >= 11 is 0. The summed E-state index contributed by atoms with van der Waals surface area (Å²) in [4.78, 5) is 28.6. The highest BCUT2D eigenvalue weighted by molar-refractivity contribution is 5.85. The summed E-state index contributed by atoms with van der Waals surface area (Å²) in [6, 6.07) is 6.38. The minimum Gasteiger partial charge on any atom is -0.490 e. The second kappa shape index (κ2) is 6.75. The van der Waals surface area contributed by atoms with Crippen LogP contribution < -0.4 is 10.1 Å². The highest BCUT2D eigenvalue weighted by atomic mass is 19.1. The van der Waals surface area contributed by atoms with E-state index in [0.29, 0.717) is 35.3 Å². The summed E-state index contributed by atoms with van der Waals surface area (Å²) < 4.78 is 20.0. The van der Waals surface area contributed by atoms with Crippen molar-refractivity contribution in [2.24, 2.45) is 29.1 Å². The van der Waals surface area contributed by atoms with Crippen LogP contribution in [0, 0.1) is 34.9 Å². The Morgan fingerprint density at radius 1 is 1.22 bits per heavy atom. The molecule has 5 nitrogen and oxygen atoms in total. The SMILES string of the molecule is CC(=O)CC12CC(NC(=O)C(C)C3[C@H]4CC(Oc5ccnc6ccc(F)cc56)C[C@@H]34)(C1)C2. The van der Waals surface area contributed by atoms with Gasteiger partial charge in [0, 0.05) is 29.5 Å². The maximum absolute atomic E-state index is 13.7. The summed E-state index contributed by atoms with van der Waals surface area (Å²) in [5, 5.41) is 4.03. The molecule has 1 N–H and O–H groups in total. The van der Waals surface area contributed by atoms with Crippen LogP contribution in [0.25, 0.3) is 10.9 Å². The van der Waals surface area contributed by atoms with Crippen LogP contribution in [-0.2, 0) is 9.59 Å². The molecule has 7 rings (SSSR count). The third kappa shape index (κ3) is 3.13. The summed E-state index contributed by atoms with van der Waals surface area (Å²) in [5.41, 5.74) is 0.880. The van der Waals surface area contributed by atoms with E-state index >= 15 is 0 Å². The van der Waals surface area contributed by atoms with Crippen molar-refractivity contribution in [2.75, 3.05) is 0 Å². The number of amides is 1. The molecule has 32 heavy (non-hydrogen) atoms. The summed E-state index contributed by atoms with van der Waals surface area (Å²) in [5.74, 6) is 2.33. The summed E-state index contributed by atoms with van der Waals surface area (Å²) in [6.07, 6.45) is 7.25. The van der Waals surface area contributed by atoms with Crippen molar-refractivity contribution in [1.82, 2.24) is 10.3 Å². The van der Waals surface area contributed by atoms with Crippen molar-refractivity contribution in [3.05, 3.63) is 36.3 Å². The second-order valence-corrected chi connectivity index (χ2v) is 11.1. The molecule has 5 aliphatic carbocycles. The smallest absolute Gasteiger partial charge is 0.223 e. The molecule has 5 fully saturated rings. The van der Waals surface area contributed by atoms with E-state index in [1.54, 1.807) is 19.2 Å². The number of hydrogen-bond donors (Lipinski definition) is 1. The fourth-order valence-electron chi connectivity index (χ4n) is 7.45. The minimum atomic E-state index is -0.291. The predicted octanol–water partition coefficient (Wildman–Crippen LogP) is 4.43. The molecule has 5 saturated carbocycles. The Labute approximate surface area is 187 Å². The number of pyridine rings is 1. The number of ketones is 1. The quantitative estimate of drug-likeness (QED) is 0.697. The van der Waals surface area contributed by atoms with Crippen molar-refractivity contribution in [3.8, 4) is 5.75 Å². The number of nitrogens with zero attached hydrogens (tertiary/aromatic N) is 1. The van der Waals surface area contributed by atoms with Gasteiger partial charge in [0.1, 0.15) is 17.3 Å². The summed E-state index contributed by atoms with van der Waals surface area (Å²) in [6.45, 7) is 3.72. The van der Waals surface area contributed by atoms with Crippen LogP contribution in [-0.4, -0.2) is 28.3 Å². The van der Waals surface area contributed by atoms with Crippen molar-refractivity contribution in [1.29, 1.82) is 0 Å². The van der Waals surface area contributed by atoms with Gasteiger partial charge in [-0.2, -0.15) is 0 Å². The molecule has 1 amide bonds. The molecule has 0 aliphatic heterocycles. The first-order chi connectivity index (χ1) is 15.3. The average Bonchev–Trinajstić information content (AvgIpc) is 3.19. The summed E-state index contributed by atoms with van der Waals surface area (Å²) in [7, 11) is 0. The fraction of sp³-hybridized carbons (Fsp3) is 0.577. The lowest BCUT2D eigenvalue weighted by Gasteiger charge is -2.70. The van der Waals surface area contributed by atoms with Crippen LogP contribution in [0.1, 0.15) is 52.4 Å². The predicted molar refractivity (Wildman–Crippen MR) is 117 cm³/mol. The van der Waals surface area contributed by atoms with E-state index in [9.17, 15) is 14.0 Å².